The average molecular weight is 199 g/mol. The number of rotatable bonds is 3. The van der Waals surface area contributed by atoms with Crippen LogP contribution in [0.2, 0.25) is 0 Å². The van der Waals surface area contributed by atoms with Crippen LogP contribution in [0.25, 0.3) is 0 Å². The molecule has 0 unspecified atom stereocenters. The van der Waals surface area contributed by atoms with Gasteiger partial charge in [-0.25, -0.2) is 0 Å². The van der Waals surface area contributed by atoms with E-state index < -0.39 is 0 Å². The normalized spacial score (nSPS) is 16.7. The van der Waals surface area contributed by atoms with Gasteiger partial charge in [-0.1, -0.05) is 0 Å². The molecule has 0 aliphatic carbocycles. The van der Waals surface area contributed by atoms with Crippen molar-refractivity contribution in [1.29, 1.82) is 5.26 Å². The molecule has 1 amide bonds. The van der Waals surface area contributed by atoms with Crippen LogP contribution in [0.5, 0.6) is 0 Å². The van der Waals surface area contributed by atoms with Crippen molar-refractivity contribution in [3.05, 3.63) is 0 Å². The van der Waals surface area contributed by atoms with Crippen molar-refractivity contribution in [2.24, 2.45) is 0 Å². The molecule has 0 aromatic rings. The second kappa shape index (κ2) is 5.84. The molecule has 0 aromatic heterocycles. The van der Waals surface area contributed by atoms with Crippen LogP contribution in [0.1, 0.15) is 0 Å². The van der Waals surface area contributed by atoms with Crippen molar-refractivity contribution in [3.8, 4) is 6.07 Å². The van der Waals surface area contributed by atoms with Gasteiger partial charge in [0.15, 0.2) is 0 Å². The maximum Gasteiger partial charge on any atom is 0.232 e. The van der Waals surface area contributed by atoms with Gasteiger partial charge < -0.3 is 10.2 Å². The van der Waals surface area contributed by atoms with E-state index in [9.17, 15) is 4.79 Å². The lowest BCUT2D eigenvalue weighted by atomic mass is 10.3. The Labute approximate surface area is 82.3 Å². The van der Waals surface area contributed by atoms with Crippen molar-refractivity contribution >= 4 is 17.7 Å². The van der Waals surface area contributed by atoms with E-state index in [0.29, 0.717) is 11.5 Å². The number of hydrogen-bond acceptors (Lipinski definition) is 4. The number of nitrogens with one attached hydrogen (secondary N) is 1. The van der Waals surface area contributed by atoms with E-state index >= 15 is 0 Å². The topological polar surface area (TPSA) is 56.1 Å². The van der Waals surface area contributed by atoms with Crippen LogP contribution in [0, 0.1) is 11.3 Å². The van der Waals surface area contributed by atoms with Gasteiger partial charge in [0.2, 0.25) is 5.91 Å². The zero-order valence-electron chi connectivity index (χ0n) is 7.45. The Balaban J connectivity index is 2.18. The fourth-order valence-electron chi connectivity index (χ4n) is 1.19. The molecule has 0 atom stereocenters. The molecule has 1 aliphatic rings. The van der Waals surface area contributed by atoms with Crippen molar-refractivity contribution in [2.75, 3.05) is 37.7 Å². The molecule has 1 rings (SSSR count). The zero-order chi connectivity index (χ0) is 9.52. The zero-order valence-corrected chi connectivity index (χ0v) is 8.27. The van der Waals surface area contributed by atoms with Crippen LogP contribution in [0.3, 0.4) is 0 Å². The largest absolute Gasteiger partial charge is 0.339 e. The summed E-state index contributed by atoms with van der Waals surface area (Å²) >= 11 is 1.38. The van der Waals surface area contributed by atoms with Crippen LogP contribution in [-0.4, -0.2) is 48.5 Å². The Morgan fingerprint density at radius 1 is 1.54 bits per heavy atom. The number of piperazine rings is 1. The highest BCUT2D eigenvalue weighted by molar-refractivity contribution is 8.00. The number of hydrogen-bond donors (Lipinski definition) is 1. The molecule has 0 bridgehead atoms. The van der Waals surface area contributed by atoms with Gasteiger partial charge in [0, 0.05) is 26.2 Å². The Hall–Kier alpha value is -0.730. The number of nitriles is 1. The molecule has 0 saturated carbocycles. The average Bonchev–Trinajstić information content (AvgIpc) is 2.19. The lowest BCUT2D eigenvalue weighted by Crippen LogP contribution is -2.47. The smallest absolute Gasteiger partial charge is 0.232 e. The molecule has 1 aliphatic heterocycles. The van der Waals surface area contributed by atoms with Gasteiger partial charge in [0.1, 0.15) is 0 Å². The molecule has 0 aromatic carbocycles. The fourth-order valence-corrected chi connectivity index (χ4v) is 1.74. The minimum Gasteiger partial charge on any atom is -0.339 e. The first-order valence-electron chi connectivity index (χ1n) is 4.28. The van der Waals surface area contributed by atoms with Gasteiger partial charge in [-0.2, -0.15) is 5.26 Å². The van der Waals surface area contributed by atoms with Crippen molar-refractivity contribution < 1.29 is 4.79 Å². The first-order valence-corrected chi connectivity index (χ1v) is 5.43. The van der Waals surface area contributed by atoms with E-state index in [4.69, 9.17) is 5.26 Å². The van der Waals surface area contributed by atoms with E-state index in [1.165, 1.54) is 11.8 Å². The molecular formula is C8H13N3OS. The number of carbonyl (C=O) groups excluding carboxylic acids is 1. The Morgan fingerprint density at radius 2 is 2.23 bits per heavy atom. The predicted molar refractivity (Wildman–Crippen MR) is 52.4 cm³/mol. The van der Waals surface area contributed by atoms with Gasteiger partial charge in [-0.05, 0) is 0 Å². The van der Waals surface area contributed by atoms with Gasteiger partial charge in [0.25, 0.3) is 0 Å². The minimum atomic E-state index is 0.154. The summed E-state index contributed by atoms with van der Waals surface area (Å²) in [6, 6.07) is 2.01. The summed E-state index contributed by atoms with van der Waals surface area (Å²) in [4.78, 5) is 13.3. The van der Waals surface area contributed by atoms with Crippen LogP contribution in [0.4, 0.5) is 0 Å². The molecule has 1 saturated heterocycles. The summed E-state index contributed by atoms with van der Waals surface area (Å²) in [6.45, 7) is 3.36. The number of amides is 1. The molecule has 1 N–H and O–H groups in total. The van der Waals surface area contributed by atoms with Gasteiger partial charge in [-0.3, -0.25) is 4.79 Å². The second-order valence-electron chi connectivity index (χ2n) is 2.78. The first kappa shape index (κ1) is 10.4. The minimum absolute atomic E-state index is 0.154. The highest BCUT2D eigenvalue weighted by atomic mass is 32.2. The fraction of sp³-hybridized carbons (Fsp3) is 0.750. The van der Waals surface area contributed by atoms with E-state index in [0.717, 1.165) is 26.2 Å². The van der Waals surface area contributed by atoms with E-state index in [1.54, 1.807) is 0 Å². The Bertz CT molecular complexity index is 208. The summed E-state index contributed by atoms with van der Waals surface area (Å²) in [7, 11) is 0. The third-order valence-electron chi connectivity index (χ3n) is 1.86. The monoisotopic (exact) mass is 199 g/mol. The summed E-state index contributed by atoms with van der Waals surface area (Å²) in [5.74, 6) is 0.993. The molecule has 72 valence electrons. The Morgan fingerprint density at radius 3 is 2.85 bits per heavy atom. The van der Waals surface area contributed by atoms with Gasteiger partial charge in [0.05, 0.1) is 17.6 Å². The highest BCUT2D eigenvalue weighted by Gasteiger charge is 2.15. The maximum absolute atomic E-state index is 11.4. The molecular weight excluding hydrogens is 186 g/mol. The molecule has 1 heterocycles. The summed E-state index contributed by atoms with van der Waals surface area (Å²) in [6.07, 6.45) is 0. The van der Waals surface area contributed by atoms with Crippen LogP contribution >= 0.6 is 11.8 Å². The molecule has 4 nitrogen and oxygen atoms in total. The van der Waals surface area contributed by atoms with Gasteiger partial charge >= 0.3 is 0 Å². The maximum atomic E-state index is 11.4. The number of carbonyl (C=O) groups is 1. The van der Waals surface area contributed by atoms with E-state index in [1.807, 2.05) is 11.0 Å². The van der Waals surface area contributed by atoms with Crippen molar-refractivity contribution in [2.45, 2.75) is 0 Å². The third-order valence-corrected chi connectivity index (χ3v) is 2.65. The summed E-state index contributed by atoms with van der Waals surface area (Å²) in [5.41, 5.74) is 0. The van der Waals surface area contributed by atoms with Crippen LogP contribution < -0.4 is 5.32 Å². The third kappa shape index (κ3) is 3.66. The lowest BCUT2D eigenvalue weighted by molar-refractivity contribution is -0.128. The van der Waals surface area contributed by atoms with Crippen molar-refractivity contribution in [3.63, 3.8) is 0 Å². The Kier molecular flexibility index (Phi) is 4.65. The molecule has 0 spiro atoms. The van der Waals surface area contributed by atoms with Crippen LogP contribution in [0.15, 0.2) is 0 Å². The van der Waals surface area contributed by atoms with Gasteiger partial charge in [-0.15, -0.1) is 11.8 Å². The second-order valence-corrected chi connectivity index (χ2v) is 3.77. The number of thioether (sulfide) groups is 1. The summed E-state index contributed by atoms with van der Waals surface area (Å²) < 4.78 is 0. The molecule has 0 radical (unpaired) electrons. The van der Waals surface area contributed by atoms with E-state index in [-0.39, 0.29) is 5.91 Å². The summed E-state index contributed by atoms with van der Waals surface area (Å²) in [5, 5.41) is 11.5. The highest BCUT2D eigenvalue weighted by Crippen LogP contribution is 2.02. The standard InChI is InChI=1S/C8H13N3OS/c9-1-6-13-7-8(12)11-4-2-10-3-5-11/h10H,2-7H2. The first-order chi connectivity index (χ1) is 6.34. The van der Waals surface area contributed by atoms with Crippen molar-refractivity contribution in [1.82, 2.24) is 10.2 Å². The number of nitrogens with zero attached hydrogens (tertiary/aromatic N) is 2. The quantitative estimate of drug-likeness (QED) is 0.633. The molecule has 1 fully saturated rings. The van der Waals surface area contributed by atoms with Crippen LogP contribution in [-0.2, 0) is 4.79 Å². The van der Waals surface area contributed by atoms with E-state index in [2.05, 4.69) is 5.32 Å². The lowest BCUT2D eigenvalue weighted by Gasteiger charge is -2.27. The predicted octanol–water partition coefficient (Wildman–Crippen LogP) is -0.325. The molecule has 5 heteroatoms. The molecule has 13 heavy (non-hydrogen) atoms. The SMILES string of the molecule is N#CCSCC(=O)N1CCNCC1.